The Hall–Kier alpha value is -1.05. The first-order valence-electron chi connectivity index (χ1n) is 2.72. The van der Waals surface area contributed by atoms with E-state index in [0.29, 0.717) is 0 Å². The van der Waals surface area contributed by atoms with Gasteiger partial charge in [0.05, 0.1) is 12.7 Å². The highest BCUT2D eigenvalue weighted by atomic mass is 16.5. The molecule has 50 valence electrons. The first-order chi connectivity index (χ1) is 4.31. The first-order valence-corrected chi connectivity index (χ1v) is 2.72. The molecule has 0 amide bonds. The van der Waals surface area contributed by atoms with Crippen molar-refractivity contribution in [2.24, 2.45) is 0 Å². The van der Waals surface area contributed by atoms with E-state index in [-0.39, 0.29) is 12.4 Å². The van der Waals surface area contributed by atoms with Crippen molar-refractivity contribution in [2.75, 3.05) is 0 Å². The Morgan fingerprint density at radius 1 is 1.78 bits per heavy atom. The smallest absolute Gasteiger partial charge is 0.314 e. The summed E-state index contributed by atoms with van der Waals surface area (Å²) in [6, 6.07) is 0. The normalized spacial score (nSPS) is 9.44. The maximum atomic E-state index is 10.5. The number of hydrogen-bond acceptors (Lipinski definition) is 2. The van der Waals surface area contributed by atoms with E-state index >= 15 is 0 Å². The minimum absolute atomic E-state index is 0.268. The van der Waals surface area contributed by atoms with Gasteiger partial charge in [0.15, 0.2) is 0 Å². The van der Waals surface area contributed by atoms with Crippen LogP contribution in [-0.4, -0.2) is 5.97 Å². The average Bonchev–Trinajstić information content (AvgIpc) is 1.85. The van der Waals surface area contributed by atoms with E-state index in [1.54, 1.807) is 13.0 Å². The Balaban J connectivity index is 3.38. The molecule has 0 aromatic carbocycles. The van der Waals surface area contributed by atoms with Gasteiger partial charge in [-0.05, 0) is 6.92 Å². The second-order valence-corrected chi connectivity index (χ2v) is 1.45. The van der Waals surface area contributed by atoms with E-state index < -0.39 is 0 Å². The second kappa shape index (κ2) is 5.09. The van der Waals surface area contributed by atoms with Gasteiger partial charge in [-0.2, -0.15) is 0 Å². The standard InChI is InChI=1S/C7H10O2/c1-3-5-7(8)9-6-4-2/h3-4,6H,1,5H2,2H3. The van der Waals surface area contributed by atoms with Crippen molar-refractivity contribution < 1.29 is 9.53 Å². The zero-order valence-corrected chi connectivity index (χ0v) is 5.46. The number of ether oxygens (including phenoxy) is 1. The first kappa shape index (κ1) is 7.95. The van der Waals surface area contributed by atoms with Gasteiger partial charge in [0.25, 0.3) is 0 Å². The Labute approximate surface area is 54.8 Å². The number of esters is 1. The molecule has 9 heavy (non-hydrogen) atoms. The predicted molar refractivity (Wildman–Crippen MR) is 35.7 cm³/mol. The highest BCUT2D eigenvalue weighted by Gasteiger charge is 1.92. The Bertz CT molecular complexity index is 125. The molecule has 0 atom stereocenters. The lowest BCUT2D eigenvalue weighted by atomic mass is 10.4. The fourth-order valence-corrected chi connectivity index (χ4v) is 0.310. The molecule has 0 spiro atoms. The van der Waals surface area contributed by atoms with Crippen LogP contribution >= 0.6 is 0 Å². The minimum atomic E-state index is -0.275. The molecule has 0 aromatic rings. The summed E-state index contributed by atoms with van der Waals surface area (Å²) in [5.41, 5.74) is 0. The largest absolute Gasteiger partial charge is 0.435 e. The molecule has 0 N–H and O–H groups in total. The molecule has 0 unspecified atom stereocenters. The molecule has 2 nitrogen and oxygen atoms in total. The molecule has 0 aromatic heterocycles. The van der Waals surface area contributed by atoms with Crippen LogP contribution in [0.25, 0.3) is 0 Å². The molecule has 0 aliphatic rings. The van der Waals surface area contributed by atoms with Gasteiger partial charge in [-0.15, -0.1) is 6.58 Å². The predicted octanol–water partition coefficient (Wildman–Crippen LogP) is 1.64. The summed E-state index contributed by atoms with van der Waals surface area (Å²) in [5.74, 6) is -0.275. The molecule has 0 rings (SSSR count). The number of carbonyl (C=O) groups excluding carboxylic acids is 1. The highest BCUT2D eigenvalue weighted by molar-refractivity contribution is 5.71. The van der Waals surface area contributed by atoms with Gasteiger partial charge in [-0.1, -0.05) is 12.2 Å². The van der Waals surface area contributed by atoms with E-state index in [2.05, 4.69) is 11.3 Å². The monoisotopic (exact) mass is 126 g/mol. The molecule has 0 aliphatic heterocycles. The summed E-state index contributed by atoms with van der Waals surface area (Å²) in [5, 5.41) is 0. The van der Waals surface area contributed by atoms with Gasteiger partial charge in [-0.25, -0.2) is 0 Å². The lowest BCUT2D eigenvalue weighted by molar-refractivity contribution is -0.137. The van der Waals surface area contributed by atoms with Crippen LogP contribution in [0.4, 0.5) is 0 Å². The van der Waals surface area contributed by atoms with Crippen LogP contribution in [0.5, 0.6) is 0 Å². The average molecular weight is 126 g/mol. The third-order valence-corrected chi connectivity index (χ3v) is 0.647. The van der Waals surface area contributed by atoms with Crippen LogP contribution in [0, 0.1) is 0 Å². The number of rotatable bonds is 3. The molecule has 0 radical (unpaired) electrons. The summed E-state index contributed by atoms with van der Waals surface area (Å²) in [6.07, 6.45) is 4.78. The summed E-state index contributed by atoms with van der Waals surface area (Å²) >= 11 is 0. The van der Waals surface area contributed by atoms with Gasteiger partial charge in [0, 0.05) is 0 Å². The lowest BCUT2D eigenvalue weighted by Crippen LogP contribution is -1.95. The van der Waals surface area contributed by atoms with Crippen molar-refractivity contribution in [3.63, 3.8) is 0 Å². The lowest BCUT2D eigenvalue weighted by Gasteiger charge is -1.91. The molecule has 0 aliphatic carbocycles. The van der Waals surface area contributed by atoms with Crippen LogP contribution in [-0.2, 0) is 9.53 Å². The van der Waals surface area contributed by atoms with Gasteiger partial charge >= 0.3 is 5.97 Å². The van der Waals surface area contributed by atoms with Crippen LogP contribution < -0.4 is 0 Å². The van der Waals surface area contributed by atoms with Gasteiger partial charge < -0.3 is 4.74 Å². The summed E-state index contributed by atoms with van der Waals surface area (Å²) in [6.45, 7) is 5.16. The third-order valence-electron chi connectivity index (χ3n) is 0.647. The van der Waals surface area contributed by atoms with Crippen molar-refractivity contribution in [3.8, 4) is 0 Å². The van der Waals surface area contributed by atoms with Crippen molar-refractivity contribution in [1.29, 1.82) is 0 Å². The van der Waals surface area contributed by atoms with Crippen molar-refractivity contribution in [1.82, 2.24) is 0 Å². The van der Waals surface area contributed by atoms with E-state index in [9.17, 15) is 4.79 Å². The zero-order valence-electron chi connectivity index (χ0n) is 5.46. The van der Waals surface area contributed by atoms with E-state index in [1.807, 2.05) is 0 Å². The number of hydrogen-bond donors (Lipinski definition) is 0. The van der Waals surface area contributed by atoms with Crippen molar-refractivity contribution in [2.45, 2.75) is 13.3 Å². The summed E-state index contributed by atoms with van der Waals surface area (Å²) in [7, 11) is 0. The Kier molecular flexibility index (Phi) is 4.50. The SMILES string of the molecule is C=CCC(=O)OC=CC. The maximum absolute atomic E-state index is 10.5. The highest BCUT2D eigenvalue weighted by Crippen LogP contribution is 1.86. The zero-order chi connectivity index (χ0) is 7.11. The van der Waals surface area contributed by atoms with E-state index in [1.165, 1.54) is 12.3 Å². The van der Waals surface area contributed by atoms with E-state index in [4.69, 9.17) is 0 Å². The minimum Gasteiger partial charge on any atom is -0.435 e. The molecule has 0 fully saturated rings. The second-order valence-electron chi connectivity index (χ2n) is 1.45. The summed E-state index contributed by atoms with van der Waals surface area (Å²) < 4.78 is 4.54. The molecule has 0 bridgehead atoms. The Morgan fingerprint density at radius 3 is 2.89 bits per heavy atom. The van der Waals surface area contributed by atoms with Crippen LogP contribution in [0.3, 0.4) is 0 Å². The fraction of sp³-hybridized carbons (Fsp3) is 0.286. The molecule has 2 heteroatoms. The Morgan fingerprint density at radius 2 is 2.44 bits per heavy atom. The number of carbonyl (C=O) groups is 1. The molecular weight excluding hydrogens is 116 g/mol. The molecule has 0 heterocycles. The van der Waals surface area contributed by atoms with E-state index in [0.717, 1.165) is 0 Å². The summed E-state index contributed by atoms with van der Waals surface area (Å²) in [4.78, 5) is 10.5. The molecule has 0 saturated carbocycles. The van der Waals surface area contributed by atoms with Gasteiger partial charge in [-0.3, -0.25) is 4.79 Å². The van der Waals surface area contributed by atoms with Crippen LogP contribution in [0.1, 0.15) is 13.3 Å². The van der Waals surface area contributed by atoms with Crippen LogP contribution in [0.15, 0.2) is 25.0 Å². The third kappa shape index (κ3) is 4.81. The fourth-order valence-electron chi connectivity index (χ4n) is 0.310. The molecular formula is C7H10O2. The quantitative estimate of drug-likeness (QED) is 0.326. The van der Waals surface area contributed by atoms with Crippen LogP contribution in [0.2, 0.25) is 0 Å². The molecule has 0 saturated heterocycles. The number of allylic oxidation sites excluding steroid dienone is 1. The van der Waals surface area contributed by atoms with Crippen molar-refractivity contribution >= 4 is 5.97 Å². The van der Waals surface area contributed by atoms with Gasteiger partial charge in [0.2, 0.25) is 0 Å². The maximum Gasteiger partial charge on any atom is 0.314 e. The van der Waals surface area contributed by atoms with Crippen molar-refractivity contribution in [3.05, 3.63) is 25.0 Å². The van der Waals surface area contributed by atoms with Gasteiger partial charge in [0.1, 0.15) is 0 Å². The topological polar surface area (TPSA) is 26.3 Å².